The second-order valence-corrected chi connectivity index (χ2v) is 4.29. The quantitative estimate of drug-likeness (QED) is 0.322. The maximum Gasteiger partial charge on any atom is 0.320 e. The average molecular weight is 228 g/mol. The van der Waals surface area contributed by atoms with Crippen LogP contribution in [0.15, 0.2) is 5.16 Å². The van der Waals surface area contributed by atoms with Crippen molar-refractivity contribution in [3.05, 3.63) is 0 Å². The molecule has 0 saturated carbocycles. The zero-order chi connectivity index (χ0) is 12.1. The Kier molecular flexibility index (Phi) is 4.39. The van der Waals surface area contributed by atoms with Crippen LogP contribution >= 0.6 is 0 Å². The molecule has 1 aliphatic heterocycles. The number of nitrogens with two attached hydrogens (primary N) is 1. The molecule has 0 aromatic carbocycles. The van der Waals surface area contributed by atoms with Gasteiger partial charge >= 0.3 is 6.03 Å². The van der Waals surface area contributed by atoms with Gasteiger partial charge in [0.2, 0.25) is 0 Å². The van der Waals surface area contributed by atoms with Gasteiger partial charge in [-0.25, -0.2) is 4.79 Å². The fraction of sp³-hybridized carbons (Fsp3) is 0.800. The van der Waals surface area contributed by atoms with Crippen LogP contribution in [0.1, 0.15) is 26.7 Å². The molecule has 0 aromatic rings. The lowest BCUT2D eigenvalue weighted by molar-refractivity contribution is 0.156. The van der Waals surface area contributed by atoms with Crippen molar-refractivity contribution in [2.75, 3.05) is 19.6 Å². The molecule has 0 aromatic heterocycles. The molecule has 0 atom stereocenters. The highest BCUT2D eigenvalue weighted by Crippen LogP contribution is 2.12. The van der Waals surface area contributed by atoms with Gasteiger partial charge in [0.1, 0.15) is 0 Å². The Morgan fingerprint density at radius 1 is 1.50 bits per heavy atom. The van der Waals surface area contributed by atoms with Crippen LogP contribution in [-0.2, 0) is 0 Å². The standard InChI is InChI=1S/C10H20N4O2/c1-8(2)14(7-9(11)12-16)10(15)13-5-3-4-6-13/h8,16H,3-7H2,1-2H3,(H2,11,12). The van der Waals surface area contributed by atoms with E-state index in [4.69, 9.17) is 10.9 Å². The summed E-state index contributed by atoms with van der Waals surface area (Å²) in [4.78, 5) is 15.5. The minimum absolute atomic E-state index is 0.0286. The fourth-order valence-corrected chi connectivity index (χ4v) is 1.77. The Labute approximate surface area is 95.7 Å². The third kappa shape index (κ3) is 3.01. The van der Waals surface area contributed by atoms with E-state index in [1.807, 2.05) is 18.7 Å². The van der Waals surface area contributed by atoms with Gasteiger partial charge in [0.15, 0.2) is 5.84 Å². The van der Waals surface area contributed by atoms with Crippen LogP contribution in [0, 0.1) is 0 Å². The number of nitrogens with zero attached hydrogens (tertiary/aromatic N) is 3. The van der Waals surface area contributed by atoms with Crippen LogP contribution in [0.4, 0.5) is 4.79 Å². The summed E-state index contributed by atoms with van der Waals surface area (Å²) in [5.74, 6) is 0.0567. The van der Waals surface area contributed by atoms with Crippen LogP contribution in [-0.4, -0.2) is 52.5 Å². The minimum atomic E-state index is -0.0286. The maximum atomic E-state index is 12.1. The van der Waals surface area contributed by atoms with Gasteiger partial charge in [-0.3, -0.25) is 0 Å². The predicted octanol–water partition coefficient (Wildman–Crippen LogP) is 0.659. The van der Waals surface area contributed by atoms with Gasteiger partial charge in [0.05, 0.1) is 6.54 Å². The first-order valence-corrected chi connectivity index (χ1v) is 5.58. The molecule has 16 heavy (non-hydrogen) atoms. The van der Waals surface area contributed by atoms with Gasteiger partial charge in [-0.1, -0.05) is 5.16 Å². The van der Waals surface area contributed by atoms with Crippen molar-refractivity contribution in [2.45, 2.75) is 32.7 Å². The number of hydrogen-bond donors (Lipinski definition) is 2. The number of carbonyl (C=O) groups is 1. The number of hydrogen-bond acceptors (Lipinski definition) is 3. The molecule has 2 amide bonds. The molecular formula is C10H20N4O2. The molecule has 1 aliphatic rings. The third-order valence-electron chi connectivity index (χ3n) is 2.71. The highest BCUT2D eigenvalue weighted by molar-refractivity contribution is 5.86. The Morgan fingerprint density at radius 3 is 2.50 bits per heavy atom. The smallest absolute Gasteiger partial charge is 0.320 e. The Morgan fingerprint density at radius 2 is 2.06 bits per heavy atom. The van der Waals surface area contributed by atoms with Gasteiger partial charge in [0, 0.05) is 19.1 Å². The summed E-state index contributed by atoms with van der Waals surface area (Å²) >= 11 is 0. The second-order valence-electron chi connectivity index (χ2n) is 4.29. The largest absolute Gasteiger partial charge is 0.409 e. The second kappa shape index (κ2) is 5.58. The number of amidine groups is 1. The van der Waals surface area contributed by atoms with Crippen molar-refractivity contribution in [1.82, 2.24) is 9.80 Å². The molecule has 6 heteroatoms. The molecule has 0 bridgehead atoms. The average Bonchev–Trinajstić information content (AvgIpc) is 2.77. The van der Waals surface area contributed by atoms with Crippen LogP contribution in [0.5, 0.6) is 0 Å². The van der Waals surface area contributed by atoms with E-state index in [-0.39, 0.29) is 24.5 Å². The Balaban J connectivity index is 2.65. The molecule has 1 saturated heterocycles. The number of oxime groups is 1. The van der Waals surface area contributed by atoms with Crippen LogP contribution in [0.2, 0.25) is 0 Å². The molecular weight excluding hydrogens is 208 g/mol. The summed E-state index contributed by atoms with van der Waals surface area (Å²) in [6, 6.07) is 0.00694. The topological polar surface area (TPSA) is 82.2 Å². The summed E-state index contributed by atoms with van der Waals surface area (Å²) in [6.07, 6.45) is 2.11. The van der Waals surface area contributed by atoms with E-state index in [0.717, 1.165) is 25.9 Å². The van der Waals surface area contributed by atoms with E-state index in [1.54, 1.807) is 4.90 Å². The summed E-state index contributed by atoms with van der Waals surface area (Å²) < 4.78 is 0. The third-order valence-corrected chi connectivity index (χ3v) is 2.71. The molecule has 0 spiro atoms. The zero-order valence-corrected chi connectivity index (χ0v) is 9.89. The van der Waals surface area contributed by atoms with Crippen LogP contribution in [0.3, 0.4) is 0 Å². The lowest BCUT2D eigenvalue weighted by atomic mass is 10.3. The SMILES string of the molecule is CC(C)N(CC(N)=NO)C(=O)N1CCCC1. The van der Waals surface area contributed by atoms with Gasteiger partial charge in [0.25, 0.3) is 0 Å². The molecule has 0 unspecified atom stereocenters. The van der Waals surface area contributed by atoms with E-state index < -0.39 is 0 Å². The molecule has 1 heterocycles. The van der Waals surface area contributed by atoms with Gasteiger partial charge < -0.3 is 20.7 Å². The van der Waals surface area contributed by atoms with Crippen LogP contribution in [0.25, 0.3) is 0 Å². The highest BCUT2D eigenvalue weighted by Gasteiger charge is 2.25. The van der Waals surface area contributed by atoms with Gasteiger partial charge in [-0.2, -0.15) is 0 Å². The molecule has 92 valence electrons. The van der Waals surface area contributed by atoms with Gasteiger partial charge in [-0.15, -0.1) is 0 Å². The normalized spacial score (nSPS) is 16.9. The van der Waals surface area contributed by atoms with Gasteiger partial charge in [-0.05, 0) is 26.7 Å². The first kappa shape index (κ1) is 12.6. The number of amides is 2. The highest BCUT2D eigenvalue weighted by atomic mass is 16.4. The minimum Gasteiger partial charge on any atom is -0.409 e. The lowest BCUT2D eigenvalue weighted by Gasteiger charge is -2.30. The monoisotopic (exact) mass is 228 g/mol. The summed E-state index contributed by atoms with van der Waals surface area (Å²) in [7, 11) is 0. The molecule has 6 nitrogen and oxygen atoms in total. The molecule has 0 radical (unpaired) electrons. The van der Waals surface area contributed by atoms with Crippen LogP contribution < -0.4 is 5.73 Å². The van der Waals surface area contributed by atoms with E-state index in [0.29, 0.717) is 0 Å². The number of likely N-dealkylation sites (tertiary alicyclic amines) is 1. The van der Waals surface area contributed by atoms with E-state index in [2.05, 4.69) is 5.16 Å². The van der Waals surface area contributed by atoms with Crippen molar-refractivity contribution in [2.24, 2.45) is 10.9 Å². The first-order chi connectivity index (χ1) is 7.56. The number of urea groups is 1. The zero-order valence-electron chi connectivity index (χ0n) is 9.89. The molecule has 1 rings (SSSR count). The number of rotatable bonds is 3. The van der Waals surface area contributed by atoms with Crippen molar-refractivity contribution >= 4 is 11.9 Å². The predicted molar refractivity (Wildman–Crippen MR) is 61.5 cm³/mol. The molecule has 0 aliphatic carbocycles. The molecule has 1 fully saturated rings. The van der Waals surface area contributed by atoms with E-state index in [1.165, 1.54) is 0 Å². The summed E-state index contributed by atoms with van der Waals surface area (Å²) in [5, 5.41) is 11.4. The summed E-state index contributed by atoms with van der Waals surface area (Å²) in [5.41, 5.74) is 5.44. The first-order valence-electron chi connectivity index (χ1n) is 5.58. The Hall–Kier alpha value is -1.46. The summed E-state index contributed by atoms with van der Waals surface area (Å²) in [6.45, 7) is 5.61. The number of carbonyl (C=O) groups excluding carboxylic acids is 1. The fourth-order valence-electron chi connectivity index (χ4n) is 1.77. The van der Waals surface area contributed by atoms with E-state index >= 15 is 0 Å². The lowest BCUT2D eigenvalue weighted by Crippen LogP contribution is -2.48. The van der Waals surface area contributed by atoms with Crippen molar-refractivity contribution in [3.63, 3.8) is 0 Å². The van der Waals surface area contributed by atoms with Crippen molar-refractivity contribution in [3.8, 4) is 0 Å². The molecule has 3 N–H and O–H groups in total. The van der Waals surface area contributed by atoms with Crippen molar-refractivity contribution < 1.29 is 10.0 Å². The van der Waals surface area contributed by atoms with Crippen molar-refractivity contribution in [1.29, 1.82) is 0 Å². The Bertz CT molecular complexity index is 272. The van der Waals surface area contributed by atoms with E-state index in [9.17, 15) is 4.79 Å². The maximum absolute atomic E-state index is 12.1.